The molecule has 0 aromatic carbocycles. The molecule has 0 bridgehead atoms. The number of aromatic nitrogens is 2. The third kappa shape index (κ3) is 3.46. The average Bonchev–Trinajstić information content (AvgIpc) is 2.72. The Morgan fingerprint density at radius 3 is 3.00 bits per heavy atom. The minimum atomic E-state index is 0.393. The Hall–Kier alpha value is 0.350. The lowest BCUT2D eigenvalue weighted by Crippen LogP contribution is -2.35. The molecule has 1 aromatic rings. The summed E-state index contributed by atoms with van der Waals surface area (Å²) in [7, 11) is 2.03. The standard InChI is InChI=1S/C12H20BrN3S2/c1-3-4-14-11(10-8-17-5-6-18-10)12-9(13)7-15-16(12)2/h7,10-11,14H,3-6,8H2,1-2H3. The molecule has 3 nitrogen and oxygen atoms in total. The van der Waals surface area contributed by atoms with Gasteiger partial charge in [0.05, 0.1) is 22.4 Å². The highest BCUT2D eigenvalue weighted by molar-refractivity contribution is 9.10. The molecule has 2 unspecified atom stereocenters. The van der Waals surface area contributed by atoms with Gasteiger partial charge in [-0.3, -0.25) is 4.68 Å². The van der Waals surface area contributed by atoms with Crippen molar-refractivity contribution in [2.75, 3.05) is 23.8 Å². The minimum absolute atomic E-state index is 0.393. The van der Waals surface area contributed by atoms with Crippen molar-refractivity contribution in [3.63, 3.8) is 0 Å². The van der Waals surface area contributed by atoms with Gasteiger partial charge in [-0.1, -0.05) is 6.92 Å². The van der Waals surface area contributed by atoms with Gasteiger partial charge in [-0.2, -0.15) is 28.6 Å². The number of aryl methyl sites for hydroxylation is 1. The van der Waals surface area contributed by atoms with E-state index in [0.717, 1.165) is 17.4 Å². The zero-order valence-corrected chi connectivity index (χ0v) is 14.1. The summed E-state index contributed by atoms with van der Waals surface area (Å²) < 4.78 is 3.12. The summed E-state index contributed by atoms with van der Waals surface area (Å²) >= 11 is 7.80. The molecule has 18 heavy (non-hydrogen) atoms. The number of hydrogen-bond acceptors (Lipinski definition) is 4. The molecule has 1 aliphatic rings. The maximum Gasteiger partial charge on any atom is 0.0704 e. The van der Waals surface area contributed by atoms with Crippen LogP contribution in [0.4, 0.5) is 0 Å². The van der Waals surface area contributed by atoms with E-state index in [2.05, 4.69) is 56.8 Å². The fourth-order valence-electron chi connectivity index (χ4n) is 2.17. The molecular formula is C12H20BrN3S2. The number of halogens is 1. The highest BCUT2D eigenvalue weighted by atomic mass is 79.9. The molecule has 6 heteroatoms. The molecule has 1 aromatic heterocycles. The Kier molecular flexibility index (Phi) is 5.92. The van der Waals surface area contributed by atoms with Gasteiger partial charge < -0.3 is 5.32 Å². The van der Waals surface area contributed by atoms with Crippen molar-refractivity contribution in [1.29, 1.82) is 0 Å². The van der Waals surface area contributed by atoms with Crippen LogP contribution in [-0.2, 0) is 7.05 Å². The van der Waals surface area contributed by atoms with Crippen LogP contribution in [0.3, 0.4) is 0 Å². The van der Waals surface area contributed by atoms with Gasteiger partial charge in [0.1, 0.15) is 0 Å². The maximum absolute atomic E-state index is 4.35. The molecule has 1 aliphatic heterocycles. The van der Waals surface area contributed by atoms with Gasteiger partial charge in [0.15, 0.2) is 0 Å². The van der Waals surface area contributed by atoms with Crippen molar-refractivity contribution < 1.29 is 0 Å². The molecular weight excluding hydrogens is 330 g/mol. The first-order valence-corrected chi connectivity index (χ1v) is 9.33. The summed E-state index contributed by atoms with van der Waals surface area (Å²) in [6, 6.07) is 0.393. The predicted molar refractivity (Wildman–Crippen MR) is 85.5 cm³/mol. The Bertz CT molecular complexity index is 358. The van der Waals surface area contributed by atoms with Crippen LogP contribution in [0.15, 0.2) is 10.7 Å². The second-order valence-electron chi connectivity index (χ2n) is 4.42. The van der Waals surface area contributed by atoms with Crippen molar-refractivity contribution in [3.05, 3.63) is 16.4 Å². The lowest BCUT2D eigenvalue weighted by molar-refractivity contribution is 0.493. The zero-order valence-electron chi connectivity index (χ0n) is 10.9. The van der Waals surface area contributed by atoms with Crippen molar-refractivity contribution >= 4 is 39.5 Å². The predicted octanol–water partition coefficient (Wildman–Crippen LogP) is 3.07. The largest absolute Gasteiger partial charge is 0.308 e. The monoisotopic (exact) mass is 349 g/mol. The Balaban J connectivity index is 2.18. The van der Waals surface area contributed by atoms with Gasteiger partial charge in [-0.25, -0.2) is 0 Å². The number of thioether (sulfide) groups is 2. The van der Waals surface area contributed by atoms with E-state index in [0.29, 0.717) is 11.3 Å². The molecule has 2 rings (SSSR count). The van der Waals surface area contributed by atoms with Gasteiger partial charge in [0.25, 0.3) is 0 Å². The van der Waals surface area contributed by atoms with Gasteiger partial charge in [-0.05, 0) is 28.9 Å². The van der Waals surface area contributed by atoms with Crippen LogP contribution < -0.4 is 5.32 Å². The Labute approximate surface area is 126 Å². The van der Waals surface area contributed by atoms with Crippen molar-refractivity contribution in [1.82, 2.24) is 15.1 Å². The summed E-state index contributed by atoms with van der Waals surface area (Å²) in [5.74, 6) is 3.77. The summed E-state index contributed by atoms with van der Waals surface area (Å²) in [5, 5.41) is 8.69. The second-order valence-corrected chi connectivity index (χ2v) is 7.77. The van der Waals surface area contributed by atoms with Crippen molar-refractivity contribution in [2.24, 2.45) is 7.05 Å². The van der Waals surface area contributed by atoms with E-state index in [-0.39, 0.29) is 0 Å². The fraction of sp³-hybridized carbons (Fsp3) is 0.750. The van der Waals surface area contributed by atoms with E-state index in [1.807, 2.05) is 17.9 Å². The topological polar surface area (TPSA) is 29.9 Å². The molecule has 102 valence electrons. The maximum atomic E-state index is 4.35. The van der Waals surface area contributed by atoms with Crippen LogP contribution in [0.25, 0.3) is 0 Å². The van der Waals surface area contributed by atoms with Gasteiger partial charge in [0.2, 0.25) is 0 Å². The molecule has 2 atom stereocenters. The second kappa shape index (κ2) is 7.22. The van der Waals surface area contributed by atoms with E-state index in [9.17, 15) is 0 Å². The van der Waals surface area contributed by atoms with Gasteiger partial charge >= 0.3 is 0 Å². The average molecular weight is 350 g/mol. The summed E-state index contributed by atoms with van der Waals surface area (Å²) in [4.78, 5) is 0. The van der Waals surface area contributed by atoms with E-state index >= 15 is 0 Å². The highest BCUT2D eigenvalue weighted by Gasteiger charge is 2.29. The molecule has 1 fully saturated rings. The van der Waals surface area contributed by atoms with Crippen LogP contribution in [0, 0.1) is 0 Å². The molecule has 1 saturated heterocycles. The lowest BCUT2D eigenvalue weighted by Gasteiger charge is -2.30. The summed E-state index contributed by atoms with van der Waals surface area (Å²) in [6.45, 7) is 3.27. The van der Waals surface area contributed by atoms with Crippen molar-refractivity contribution in [3.8, 4) is 0 Å². The number of nitrogens with zero attached hydrogens (tertiary/aromatic N) is 2. The SMILES string of the molecule is CCCNC(c1c(Br)cnn1C)C1CSCCS1. The van der Waals surface area contributed by atoms with E-state index in [4.69, 9.17) is 0 Å². The van der Waals surface area contributed by atoms with Crippen LogP contribution in [-0.4, -0.2) is 38.8 Å². The molecule has 2 heterocycles. The van der Waals surface area contributed by atoms with Gasteiger partial charge in [-0.15, -0.1) is 0 Å². The fourth-order valence-corrected chi connectivity index (χ4v) is 5.61. The third-order valence-electron chi connectivity index (χ3n) is 3.06. The molecule has 0 aliphatic carbocycles. The molecule has 1 N–H and O–H groups in total. The molecule has 0 spiro atoms. The first kappa shape index (κ1) is 14.8. The quantitative estimate of drug-likeness (QED) is 0.884. The first-order chi connectivity index (χ1) is 8.74. The van der Waals surface area contributed by atoms with Crippen LogP contribution in [0.1, 0.15) is 25.1 Å². The Morgan fingerprint density at radius 2 is 2.44 bits per heavy atom. The first-order valence-electron chi connectivity index (χ1n) is 6.34. The third-order valence-corrected chi connectivity index (χ3v) is 6.53. The van der Waals surface area contributed by atoms with Gasteiger partial charge in [0, 0.05) is 29.6 Å². The van der Waals surface area contributed by atoms with Crippen LogP contribution >= 0.6 is 39.5 Å². The smallest absolute Gasteiger partial charge is 0.0704 e. The van der Waals surface area contributed by atoms with E-state index in [1.165, 1.54) is 23.0 Å². The van der Waals surface area contributed by atoms with E-state index in [1.54, 1.807) is 0 Å². The highest BCUT2D eigenvalue weighted by Crippen LogP contribution is 2.35. The number of hydrogen-bond donors (Lipinski definition) is 1. The normalized spacial score (nSPS) is 22.1. The zero-order chi connectivity index (χ0) is 13.0. The van der Waals surface area contributed by atoms with Crippen molar-refractivity contribution in [2.45, 2.75) is 24.6 Å². The van der Waals surface area contributed by atoms with Crippen LogP contribution in [0.2, 0.25) is 0 Å². The number of nitrogens with one attached hydrogen (secondary N) is 1. The van der Waals surface area contributed by atoms with Crippen LogP contribution in [0.5, 0.6) is 0 Å². The minimum Gasteiger partial charge on any atom is -0.308 e. The Morgan fingerprint density at radius 1 is 1.61 bits per heavy atom. The van der Waals surface area contributed by atoms with E-state index < -0.39 is 0 Å². The molecule has 0 saturated carbocycles. The summed E-state index contributed by atoms with van der Waals surface area (Å²) in [5.41, 5.74) is 1.28. The lowest BCUT2D eigenvalue weighted by atomic mass is 10.1. The number of rotatable bonds is 5. The summed E-state index contributed by atoms with van der Waals surface area (Å²) in [6.07, 6.45) is 3.06. The molecule has 0 radical (unpaired) electrons. The molecule has 0 amide bonds.